The van der Waals surface area contributed by atoms with Crippen LogP contribution in [0.4, 0.5) is 4.79 Å². The van der Waals surface area contributed by atoms with Crippen LogP contribution >= 0.6 is 0 Å². The molecule has 0 radical (unpaired) electrons. The van der Waals surface area contributed by atoms with Gasteiger partial charge in [0, 0.05) is 46.9 Å². The minimum absolute atomic E-state index is 0.0692. The Morgan fingerprint density at radius 2 is 2.19 bits per heavy atom. The van der Waals surface area contributed by atoms with Crippen LogP contribution in [0.2, 0.25) is 0 Å². The molecule has 2 saturated heterocycles. The summed E-state index contributed by atoms with van der Waals surface area (Å²) in [7, 11) is 3.29. The molecule has 0 spiro atoms. The molecular formula is C10H19N3O3. The molecule has 6 nitrogen and oxygen atoms in total. The van der Waals surface area contributed by atoms with Crippen LogP contribution in [0.5, 0.6) is 0 Å². The second-order valence-electron chi connectivity index (χ2n) is 4.19. The van der Waals surface area contributed by atoms with Gasteiger partial charge in [0.25, 0.3) is 0 Å². The Hall–Kier alpha value is -0.850. The fourth-order valence-corrected chi connectivity index (χ4v) is 2.29. The minimum atomic E-state index is -0.184. The quantitative estimate of drug-likeness (QED) is 0.649. The molecule has 16 heavy (non-hydrogen) atoms. The van der Waals surface area contributed by atoms with E-state index in [0.717, 1.165) is 32.7 Å². The van der Waals surface area contributed by atoms with Gasteiger partial charge in [0.05, 0.1) is 6.04 Å². The summed E-state index contributed by atoms with van der Waals surface area (Å²) in [6, 6.07) is 0.371. The second kappa shape index (κ2) is 4.99. The fraction of sp³-hybridized carbons (Fsp3) is 0.900. The molecule has 6 heteroatoms. The molecule has 1 N–H and O–H groups in total. The maximum atomic E-state index is 11.4. The van der Waals surface area contributed by atoms with Crippen molar-refractivity contribution in [1.82, 2.24) is 15.1 Å². The monoisotopic (exact) mass is 229 g/mol. The third-order valence-electron chi connectivity index (χ3n) is 3.25. The molecule has 0 aromatic heterocycles. The Kier molecular flexibility index (Phi) is 3.63. The van der Waals surface area contributed by atoms with Crippen molar-refractivity contribution in [3.8, 4) is 0 Å². The maximum Gasteiger partial charge on any atom is 0.317 e. The number of methoxy groups -OCH3 is 2. The number of nitrogens with zero attached hydrogens (tertiary/aromatic N) is 2. The topological polar surface area (TPSA) is 54.0 Å². The Morgan fingerprint density at radius 1 is 1.44 bits per heavy atom. The number of ether oxygens (including phenoxy) is 2. The van der Waals surface area contributed by atoms with Gasteiger partial charge in [-0.15, -0.1) is 0 Å². The van der Waals surface area contributed by atoms with Crippen LogP contribution in [0, 0.1) is 0 Å². The standard InChI is InChI=1S/C10H19N3O3/c1-15-9(16-2)7-12-3-4-13-8(6-12)5-11-10(13)14/h8-9H,3-7H2,1-2H3,(H,11,14). The molecule has 2 heterocycles. The van der Waals surface area contributed by atoms with Crippen LogP contribution in [-0.4, -0.2) is 75.1 Å². The molecule has 2 amide bonds. The summed E-state index contributed by atoms with van der Waals surface area (Å²) in [5.74, 6) is 0. The molecule has 1 atom stereocenters. The molecule has 0 bridgehead atoms. The number of nitrogens with one attached hydrogen (secondary N) is 1. The van der Waals surface area contributed by atoms with Gasteiger partial charge in [-0.3, -0.25) is 4.90 Å². The van der Waals surface area contributed by atoms with E-state index in [9.17, 15) is 4.79 Å². The molecule has 2 fully saturated rings. The van der Waals surface area contributed by atoms with Gasteiger partial charge in [0.1, 0.15) is 0 Å². The molecule has 1 unspecified atom stereocenters. The molecule has 0 aromatic carbocycles. The van der Waals surface area contributed by atoms with Gasteiger partial charge in [0.2, 0.25) is 0 Å². The first kappa shape index (κ1) is 11.6. The first-order valence-electron chi connectivity index (χ1n) is 5.57. The van der Waals surface area contributed by atoms with Gasteiger partial charge in [-0.2, -0.15) is 0 Å². The number of urea groups is 1. The highest BCUT2D eigenvalue weighted by molar-refractivity contribution is 5.77. The highest BCUT2D eigenvalue weighted by Crippen LogP contribution is 2.14. The number of hydrogen-bond donors (Lipinski definition) is 1. The van der Waals surface area contributed by atoms with Crippen molar-refractivity contribution in [2.75, 3.05) is 46.9 Å². The van der Waals surface area contributed by atoms with Crippen LogP contribution in [0.1, 0.15) is 0 Å². The summed E-state index contributed by atoms with van der Waals surface area (Å²) >= 11 is 0. The van der Waals surface area contributed by atoms with Crippen LogP contribution in [0.3, 0.4) is 0 Å². The van der Waals surface area contributed by atoms with Crippen molar-refractivity contribution < 1.29 is 14.3 Å². The SMILES string of the molecule is COC(CN1CCN2C(=O)NCC2C1)OC. The number of piperazine rings is 1. The minimum Gasteiger partial charge on any atom is -0.355 e. The van der Waals surface area contributed by atoms with E-state index in [-0.39, 0.29) is 12.3 Å². The molecule has 2 aliphatic rings. The summed E-state index contributed by atoms with van der Waals surface area (Å²) in [6.45, 7) is 4.07. The third kappa shape index (κ3) is 2.28. The van der Waals surface area contributed by atoms with Crippen molar-refractivity contribution >= 4 is 6.03 Å². The van der Waals surface area contributed by atoms with Gasteiger partial charge < -0.3 is 19.7 Å². The Balaban J connectivity index is 1.84. The lowest BCUT2D eigenvalue weighted by atomic mass is 10.2. The Bertz CT molecular complexity index is 258. The van der Waals surface area contributed by atoms with Gasteiger partial charge in [-0.25, -0.2) is 4.79 Å². The zero-order valence-corrected chi connectivity index (χ0v) is 9.81. The van der Waals surface area contributed by atoms with E-state index in [0.29, 0.717) is 6.04 Å². The number of amides is 2. The lowest BCUT2D eigenvalue weighted by Gasteiger charge is -2.37. The molecule has 92 valence electrons. The zero-order valence-electron chi connectivity index (χ0n) is 9.81. The van der Waals surface area contributed by atoms with E-state index in [1.54, 1.807) is 14.2 Å². The summed E-state index contributed by atoms with van der Waals surface area (Å²) in [5.41, 5.74) is 0. The second-order valence-corrected chi connectivity index (χ2v) is 4.19. The van der Waals surface area contributed by atoms with E-state index in [1.807, 2.05) is 4.90 Å². The number of fused-ring (bicyclic) bond motifs is 1. The lowest BCUT2D eigenvalue weighted by Crippen LogP contribution is -2.53. The predicted octanol–water partition coefficient (Wildman–Crippen LogP) is -0.685. The van der Waals surface area contributed by atoms with E-state index >= 15 is 0 Å². The van der Waals surface area contributed by atoms with E-state index < -0.39 is 0 Å². The first-order valence-corrected chi connectivity index (χ1v) is 5.57. The highest BCUT2D eigenvalue weighted by Gasteiger charge is 2.35. The van der Waals surface area contributed by atoms with E-state index in [2.05, 4.69) is 10.2 Å². The van der Waals surface area contributed by atoms with Gasteiger partial charge in [-0.1, -0.05) is 0 Å². The summed E-state index contributed by atoms with van der Waals surface area (Å²) in [4.78, 5) is 15.6. The number of hydrogen-bond acceptors (Lipinski definition) is 4. The average molecular weight is 229 g/mol. The molecule has 2 rings (SSSR count). The average Bonchev–Trinajstić information content (AvgIpc) is 2.68. The smallest absolute Gasteiger partial charge is 0.317 e. The third-order valence-corrected chi connectivity index (χ3v) is 3.25. The van der Waals surface area contributed by atoms with Crippen molar-refractivity contribution in [3.05, 3.63) is 0 Å². The number of carbonyl (C=O) groups excluding carboxylic acids is 1. The van der Waals surface area contributed by atoms with E-state index in [4.69, 9.17) is 9.47 Å². The van der Waals surface area contributed by atoms with Crippen molar-refractivity contribution in [2.24, 2.45) is 0 Å². The van der Waals surface area contributed by atoms with Crippen LogP contribution in [0.25, 0.3) is 0 Å². The highest BCUT2D eigenvalue weighted by atomic mass is 16.7. The van der Waals surface area contributed by atoms with Crippen molar-refractivity contribution in [2.45, 2.75) is 12.3 Å². The predicted molar refractivity (Wildman–Crippen MR) is 58.1 cm³/mol. The van der Waals surface area contributed by atoms with Gasteiger partial charge in [-0.05, 0) is 0 Å². The van der Waals surface area contributed by atoms with Crippen LogP contribution in [0.15, 0.2) is 0 Å². The van der Waals surface area contributed by atoms with E-state index in [1.165, 1.54) is 0 Å². The molecule has 0 saturated carbocycles. The van der Waals surface area contributed by atoms with Crippen LogP contribution in [-0.2, 0) is 9.47 Å². The number of rotatable bonds is 4. The molecule has 0 aromatic rings. The fourth-order valence-electron chi connectivity index (χ4n) is 2.29. The zero-order chi connectivity index (χ0) is 11.5. The Morgan fingerprint density at radius 3 is 2.88 bits per heavy atom. The summed E-state index contributed by atoms with van der Waals surface area (Å²) in [5, 5.41) is 2.86. The normalized spacial score (nSPS) is 26.1. The summed E-state index contributed by atoms with van der Waals surface area (Å²) in [6.07, 6.45) is -0.184. The Labute approximate surface area is 95.5 Å². The molecule has 2 aliphatic heterocycles. The lowest BCUT2D eigenvalue weighted by molar-refractivity contribution is -0.120. The number of carbonyl (C=O) groups is 1. The molecular weight excluding hydrogens is 210 g/mol. The van der Waals surface area contributed by atoms with Gasteiger partial charge >= 0.3 is 6.03 Å². The van der Waals surface area contributed by atoms with Gasteiger partial charge in [0.15, 0.2) is 6.29 Å². The summed E-state index contributed by atoms with van der Waals surface area (Å²) < 4.78 is 10.3. The molecule has 0 aliphatic carbocycles. The van der Waals surface area contributed by atoms with Crippen molar-refractivity contribution in [3.63, 3.8) is 0 Å². The first-order chi connectivity index (χ1) is 7.74. The van der Waals surface area contributed by atoms with Crippen molar-refractivity contribution in [1.29, 1.82) is 0 Å². The largest absolute Gasteiger partial charge is 0.355 e. The maximum absolute atomic E-state index is 11.4. The van der Waals surface area contributed by atoms with Crippen LogP contribution < -0.4 is 5.32 Å².